The van der Waals surface area contributed by atoms with Crippen LogP contribution in [-0.2, 0) is 0 Å². The number of hydrogen-bond acceptors (Lipinski definition) is 6. The molecule has 3 aromatic rings. The van der Waals surface area contributed by atoms with Crippen LogP contribution in [0.25, 0.3) is 0 Å². The van der Waals surface area contributed by atoms with E-state index in [1.54, 1.807) is 24.5 Å². The van der Waals surface area contributed by atoms with Crippen LogP contribution in [0.15, 0.2) is 59.9 Å². The number of fused-ring (bicyclic) bond motifs is 1. The van der Waals surface area contributed by atoms with Gasteiger partial charge in [-0.15, -0.1) is 0 Å². The van der Waals surface area contributed by atoms with Gasteiger partial charge >= 0.3 is 0 Å². The molecule has 0 fully saturated rings. The zero-order valence-corrected chi connectivity index (χ0v) is 17.4. The summed E-state index contributed by atoms with van der Waals surface area (Å²) in [5.41, 5.74) is 8.79. The van der Waals surface area contributed by atoms with Crippen LogP contribution >= 0.6 is 23.2 Å². The van der Waals surface area contributed by atoms with Gasteiger partial charge in [0.05, 0.1) is 29.1 Å². The molecule has 0 aliphatic carbocycles. The zero-order valence-electron chi connectivity index (χ0n) is 15.9. The Morgan fingerprint density at radius 2 is 1.90 bits per heavy atom. The number of amidine groups is 1. The van der Waals surface area contributed by atoms with Crippen molar-refractivity contribution in [1.82, 2.24) is 4.98 Å². The highest BCUT2D eigenvalue weighted by Gasteiger charge is 2.28. The Labute approximate surface area is 183 Å². The molecule has 1 aliphatic rings. The number of aromatic nitrogens is 1. The molecule has 0 spiro atoms. The average Bonchev–Trinajstić information content (AvgIpc) is 2.76. The third kappa shape index (κ3) is 3.53. The number of anilines is 3. The minimum absolute atomic E-state index is 0.179. The van der Waals surface area contributed by atoms with Gasteiger partial charge in [0.25, 0.3) is 5.91 Å². The summed E-state index contributed by atoms with van der Waals surface area (Å²) in [6.07, 6.45) is 3.16. The van der Waals surface area contributed by atoms with Crippen LogP contribution in [0.4, 0.5) is 17.1 Å². The van der Waals surface area contributed by atoms with Crippen molar-refractivity contribution in [1.29, 1.82) is 0 Å². The van der Waals surface area contributed by atoms with Crippen molar-refractivity contribution < 1.29 is 9.53 Å². The fourth-order valence-corrected chi connectivity index (χ4v) is 3.92. The molecule has 0 saturated carbocycles. The van der Waals surface area contributed by atoms with E-state index in [9.17, 15) is 4.79 Å². The first kappa shape index (κ1) is 20.0. The molecule has 0 atom stereocenters. The number of amides is 1. The molecule has 152 valence electrons. The Hall–Kier alpha value is -3.29. The molecule has 4 rings (SSSR count). The van der Waals surface area contributed by atoms with Crippen molar-refractivity contribution >= 4 is 52.0 Å². The lowest BCUT2D eigenvalue weighted by Crippen LogP contribution is -2.30. The molecular formula is C21H17Cl2N5O2. The largest absolute Gasteiger partial charge is 0.495 e. The standard InChI is InChI=1S/C21H17Cl2N5O2/c1-30-16-10-14(21(29)27-12-6-8-25-9-7-12)17(22)19(18(16)23)28-11-26-20(24)13-4-2-3-5-15(13)28/h2-10H,11H2,1H3,(H2,24,26)(H,25,27,29). The monoisotopic (exact) mass is 441 g/mol. The van der Waals surface area contributed by atoms with E-state index in [-0.39, 0.29) is 22.3 Å². The smallest absolute Gasteiger partial charge is 0.257 e. The van der Waals surface area contributed by atoms with Gasteiger partial charge in [0, 0.05) is 23.6 Å². The molecule has 0 bridgehead atoms. The second kappa shape index (κ2) is 8.22. The summed E-state index contributed by atoms with van der Waals surface area (Å²) in [5, 5.41) is 3.25. The summed E-state index contributed by atoms with van der Waals surface area (Å²) in [4.78, 5) is 23.1. The SMILES string of the molecule is COc1cc(C(=O)Nc2ccncc2)c(Cl)c(N2CN=C(N)c3ccccc32)c1Cl. The summed E-state index contributed by atoms with van der Waals surface area (Å²) >= 11 is 13.3. The lowest BCUT2D eigenvalue weighted by atomic mass is 10.1. The lowest BCUT2D eigenvalue weighted by Gasteiger charge is -2.31. The quantitative estimate of drug-likeness (QED) is 0.622. The van der Waals surface area contributed by atoms with Crippen LogP contribution in [0.5, 0.6) is 5.75 Å². The van der Waals surface area contributed by atoms with Crippen LogP contribution in [0, 0.1) is 0 Å². The molecule has 0 radical (unpaired) electrons. The maximum absolute atomic E-state index is 13.0. The molecule has 30 heavy (non-hydrogen) atoms. The molecule has 3 N–H and O–H groups in total. The third-order valence-electron chi connectivity index (χ3n) is 4.67. The molecule has 1 aliphatic heterocycles. The summed E-state index contributed by atoms with van der Waals surface area (Å²) in [6.45, 7) is 0.195. The number of halogens is 2. The van der Waals surface area contributed by atoms with E-state index in [2.05, 4.69) is 15.3 Å². The predicted molar refractivity (Wildman–Crippen MR) is 119 cm³/mol. The van der Waals surface area contributed by atoms with Gasteiger partial charge in [0.15, 0.2) is 0 Å². The first-order valence-electron chi connectivity index (χ1n) is 8.95. The molecule has 1 amide bonds. The van der Waals surface area contributed by atoms with Crippen molar-refractivity contribution in [2.24, 2.45) is 10.7 Å². The number of carbonyl (C=O) groups excluding carboxylic acids is 1. The molecule has 7 nitrogen and oxygen atoms in total. The van der Waals surface area contributed by atoms with E-state index >= 15 is 0 Å². The normalized spacial score (nSPS) is 12.8. The lowest BCUT2D eigenvalue weighted by molar-refractivity contribution is 0.102. The van der Waals surface area contributed by atoms with Crippen molar-refractivity contribution in [3.63, 3.8) is 0 Å². The molecule has 2 aromatic carbocycles. The number of rotatable bonds is 4. The Morgan fingerprint density at radius 1 is 1.17 bits per heavy atom. The van der Waals surface area contributed by atoms with Gasteiger partial charge in [-0.1, -0.05) is 35.3 Å². The minimum Gasteiger partial charge on any atom is -0.495 e. The minimum atomic E-state index is -0.407. The van der Waals surface area contributed by atoms with E-state index in [1.165, 1.54) is 13.2 Å². The number of nitrogens with zero attached hydrogens (tertiary/aromatic N) is 3. The molecule has 1 aromatic heterocycles. The van der Waals surface area contributed by atoms with Crippen LogP contribution in [0.1, 0.15) is 15.9 Å². The van der Waals surface area contributed by atoms with Crippen LogP contribution in [0.2, 0.25) is 10.0 Å². The number of pyridine rings is 1. The van der Waals surface area contributed by atoms with Crippen molar-refractivity contribution in [2.75, 3.05) is 24.0 Å². The number of nitrogens with one attached hydrogen (secondary N) is 1. The summed E-state index contributed by atoms with van der Waals surface area (Å²) in [5.74, 6) is 0.333. The van der Waals surface area contributed by atoms with Gasteiger partial charge < -0.3 is 20.7 Å². The van der Waals surface area contributed by atoms with Crippen molar-refractivity contribution in [2.45, 2.75) is 0 Å². The Kier molecular flexibility index (Phi) is 5.48. The highest BCUT2D eigenvalue weighted by molar-refractivity contribution is 6.42. The number of nitrogens with two attached hydrogens (primary N) is 1. The molecule has 0 saturated heterocycles. The number of hydrogen-bond donors (Lipinski definition) is 2. The van der Waals surface area contributed by atoms with E-state index in [0.717, 1.165) is 11.3 Å². The first-order chi connectivity index (χ1) is 14.5. The van der Waals surface area contributed by atoms with Gasteiger partial charge in [0.2, 0.25) is 0 Å². The Balaban J connectivity index is 1.83. The third-order valence-corrected chi connectivity index (χ3v) is 5.42. The van der Waals surface area contributed by atoms with Crippen LogP contribution in [0.3, 0.4) is 0 Å². The maximum atomic E-state index is 13.0. The molecule has 9 heteroatoms. The molecule has 0 unspecified atom stereocenters. The van der Waals surface area contributed by atoms with Gasteiger partial charge in [-0.3, -0.25) is 9.78 Å². The fraction of sp³-hybridized carbons (Fsp3) is 0.0952. The number of benzene rings is 2. The molecular weight excluding hydrogens is 425 g/mol. The molecule has 2 heterocycles. The van der Waals surface area contributed by atoms with E-state index < -0.39 is 5.91 Å². The predicted octanol–water partition coefficient (Wildman–Crippen LogP) is 4.46. The van der Waals surface area contributed by atoms with Crippen molar-refractivity contribution in [3.05, 3.63) is 76.0 Å². The summed E-state index contributed by atoms with van der Waals surface area (Å²) < 4.78 is 5.41. The van der Waals surface area contributed by atoms with Crippen molar-refractivity contribution in [3.8, 4) is 5.75 Å². The second-order valence-electron chi connectivity index (χ2n) is 6.42. The van der Waals surface area contributed by atoms with Crippen LogP contribution in [-0.4, -0.2) is 30.5 Å². The number of methoxy groups -OCH3 is 1. The number of ether oxygens (including phenoxy) is 1. The maximum Gasteiger partial charge on any atom is 0.257 e. The fourth-order valence-electron chi connectivity index (χ4n) is 3.21. The summed E-state index contributed by atoms with van der Waals surface area (Å²) in [7, 11) is 1.48. The Morgan fingerprint density at radius 3 is 2.63 bits per heavy atom. The number of carbonyl (C=O) groups is 1. The second-order valence-corrected chi connectivity index (χ2v) is 7.18. The van der Waals surface area contributed by atoms with Gasteiger partial charge in [-0.2, -0.15) is 0 Å². The van der Waals surface area contributed by atoms with Crippen LogP contribution < -0.4 is 20.7 Å². The Bertz CT molecular complexity index is 1150. The number of aliphatic imine (C=N–C) groups is 1. The van der Waals surface area contributed by atoms with E-state index in [4.69, 9.17) is 33.7 Å². The summed E-state index contributed by atoms with van der Waals surface area (Å²) in [6, 6.07) is 12.4. The first-order valence-corrected chi connectivity index (χ1v) is 9.71. The topological polar surface area (TPSA) is 92.8 Å². The van der Waals surface area contributed by atoms with Gasteiger partial charge in [-0.05, 0) is 30.3 Å². The number of para-hydroxylation sites is 1. The van der Waals surface area contributed by atoms with E-state index in [1.807, 2.05) is 29.2 Å². The highest BCUT2D eigenvalue weighted by Crippen LogP contribution is 2.46. The van der Waals surface area contributed by atoms with Gasteiger partial charge in [0.1, 0.15) is 23.3 Å². The highest BCUT2D eigenvalue weighted by atomic mass is 35.5. The zero-order chi connectivity index (χ0) is 21.3. The van der Waals surface area contributed by atoms with Gasteiger partial charge in [-0.25, -0.2) is 4.99 Å². The van der Waals surface area contributed by atoms with E-state index in [0.29, 0.717) is 23.0 Å². The average molecular weight is 442 g/mol.